The average molecular weight is 494 g/mol. The van der Waals surface area contributed by atoms with E-state index >= 15 is 0 Å². The zero-order chi connectivity index (χ0) is 26.2. The summed E-state index contributed by atoms with van der Waals surface area (Å²) in [5.41, 5.74) is 0.393. The van der Waals surface area contributed by atoms with E-state index in [0.29, 0.717) is 32.2 Å². The van der Waals surface area contributed by atoms with Crippen LogP contribution in [0.2, 0.25) is 0 Å². The number of ether oxygens (including phenoxy) is 1. The number of unbranched alkanes of at least 4 members (excludes halogenated alkanes) is 1. The molecular weight excluding hydrogens is 446 g/mol. The van der Waals surface area contributed by atoms with Gasteiger partial charge in [0.15, 0.2) is 0 Å². The number of fused-ring (bicyclic) bond motifs is 1. The van der Waals surface area contributed by atoms with Crippen LogP contribution in [-0.4, -0.2) is 58.2 Å². The summed E-state index contributed by atoms with van der Waals surface area (Å²) in [4.78, 5) is 24.8. The van der Waals surface area contributed by atoms with Crippen molar-refractivity contribution < 1.29 is 29.6 Å². The third kappa shape index (κ3) is 8.72. The molecule has 7 atom stereocenters. The van der Waals surface area contributed by atoms with Crippen LogP contribution in [0.5, 0.6) is 0 Å². The molecule has 0 aromatic carbocycles. The van der Waals surface area contributed by atoms with E-state index in [9.17, 15) is 24.9 Å². The number of amides is 1. The van der Waals surface area contributed by atoms with Crippen LogP contribution in [0.3, 0.4) is 0 Å². The van der Waals surface area contributed by atoms with Gasteiger partial charge in [0.05, 0.1) is 30.1 Å². The molecule has 0 aromatic rings. The van der Waals surface area contributed by atoms with Gasteiger partial charge in [0.25, 0.3) is 0 Å². The van der Waals surface area contributed by atoms with Crippen molar-refractivity contribution in [3.8, 4) is 0 Å². The molecule has 4 N–H and O–H groups in total. The quantitative estimate of drug-likeness (QED) is 0.230. The minimum atomic E-state index is -0.888. The van der Waals surface area contributed by atoms with Crippen LogP contribution >= 0.6 is 0 Å². The summed E-state index contributed by atoms with van der Waals surface area (Å²) in [5, 5.41) is 34.1. The summed E-state index contributed by atoms with van der Waals surface area (Å²) in [6.45, 7) is 10.5. The lowest BCUT2D eigenvalue weighted by Gasteiger charge is -2.43. The first-order valence-electron chi connectivity index (χ1n) is 13.4. The van der Waals surface area contributed by atoms with E-state index in [1.54, 1.807) is 0 Å². The molecule has 2 rings (SSSR count). The molecule has 0 saturated heterocycles. The Morgan fingerprint density at radius 1 is 1.23 bits per heavy atom. The minimum absolute atomic E-state index is 0.0119. The van der Waals surface area contributed by atoms with Gasteiger partial charge >= 0.3 is 5.97 Å². The molecule has 200 valence electrons. The number of allylic oxidation sites excluding steroid dienone is 2. The zero-order valence-corrected chi connectivity index (χ0v) is 22.2. The lowest BCUT2D eigenvalue weighted by Crippen LogP contribution is -2.44. The zero-order valence-electron chi connectivity index (χ0n) is 22.2. The van der Waals surface area contributed by atoms with E-state index in [1.165, 1.54) is 0 Å². The molecule has 0 bridgehead atoms. The number of rotatable bonds is 13. The highest BCUT2D eigenvalue weighted by molar-refractivity contribution is 5.76. The third-order valence-electron chi connectivity index (χ3n) is 7.72. The molecule has 0 heterocycles. The van der Waals surface area contributed by atoms with E-state index in [-0.39, 0.29) is 42.5 Å². The van der Waals surface area contributed by atoms with Gasteiger partial charge in [-0.05, 0) is 63.4 Å². The van der Waals surface area contributed by atoms with Crippen LogP contribution in [-0.2, 0) is 14.3 Å². The van der Waals surface area contributed by atoms with Crippen molar-refractivity contribution in [3.63, 3.8) is 0 Å². The predicted octanol–water partition coefficient (Wildman–Crippen LogP) is 3.66. The van der Waals surface area contributed by atoms with Gasteiger partial charge < -0.3 is 25.4 Å². The first-order valence-corrected chi connectivity index (χ1v) is 13.4. The maximum absolute atomic E-state index is 12.9. The number of aliphatic hydroxyl groups excluding tert-OH is 3. The van der Waals surface area contributed by atoms with Gasteiger partial charge in [-0.15, -0.1) is 0 Å². The topological polar surface area (TPSA) is 116 Å². The Labute approximate surface area is 211 Å². The Morgan fingerprint density at radius 3 is 2.60 bits per heavy atom. The van der Waals surface area contributed by atoms with Gasteiger partial charge in [-0.3, -0.25) is 9.59 Å². The van der Waals surface area contributed by atoms with Gasteiger partial charge in [-0.1, -0.05) is 45.4 Å². The maximum atomic E-state index is 12.9. The fourth-order valence-electron chi connectivity index (χ4n) is 5.02. The number of carbonyl (C=O) groups excluding carboxylic acids is 2. The maximum Gasteiger partial charge on any atom is 0.311 e. The van der Waals surface area contributed by atoms with Crippen molar-refractivity contribution in [2.24, 2.45) is 23.2 Å². The minimum Gasteiger partial charge on any atom is -0.461 e. The number of aliphatic hydroxyl groups is 3. The van der Waals surface area contributed by atoms with Crippen LogP contribution < -0.4 is 5.32 Å². The second-order valence-electron chi connectivity index (χ2n) is 11.1. The molecule has 0 aliphatic heterocycles. The number of hydrogen-bond donors (Lipinski definition) is 4. The number of hydrogen-bond acceptors (Lipinski definition) is 6. The summed E-state index contributed by atoms with van der Waals surface area (Å²) < 4.78 is 6.00. The molecule has 2 aliphatic rings. The summed E-state index contributed by atoms with van der Waals surface area (Å²) in [6.07, 6.45) is 7.51. The van der Waals surface area contributed by atoms with Gasteiger partial charge in [0.1, 0.15) is 6.10 Å². The third-order valence-corrected chi connectivity index (χ3v) is 7.72. The highest BCUT2D eigenvalue weighted by Crippen LogP contribution is 2.44. The summed E-state index contributed by atoms with van der Waals surface area (Å²) in [6, 6.07) is 0. The fraction of sp³-hybridized carbons (Fsp3) is 0.786. The molecule has 0 spiro atoms. The fourth-order valence-corrected chi connectivity index (χ4v) is 5.02. The van der Waals surface area contributed by atoms with Crippen molar-refractivity contribution >= 4 is 11.9 Å². The highest BCUT2D eigenvalue weighted by Gasteiger charge is 2.43. The van der Waals surface area contributed by atoms with E-state index in [4.69, 9.17) is 4.74 Å². The molecule has 0 aromatic heterocycles. The molecule has 7 nitrogen and oxygen atoms in total. The second kappa shape index (κ2) is 13.6. The Bertz CT molecular complexity index is 761. The summed E-state index contributed by atoms with van der Waals surface area (Å²) in [5.74, 6) is -0.143. The number of nitrogens with one attached hydrogen (secondary N) is 1. The van der Waals surface area contributed by atoms with Crippen LogP contribution in [0.4, 0.5) is 0 Å². The summed E-state index contributed by atoms with van der Waals surface area (Å²) >= 11 is 0. The van der Waals surface area contributed by atoms with Crippen molar-refractivity contribution in [2.45, 2.75) is 110 Å². The molecule has 1 amide bonds. The second-order valence-corrected chi connectivity index (χ2v) is 11.1. The van der Waals surface area contributed by atoms with Crippen LogP contribution in [0.25, 0.3) is 0 Å². The standard InChI is InChI=1S/C28H47NO6/c1-6-8-13-29-25(33)17-22(32)15-20(30)11-12-23-18(3)9-10-19-14-21(31)16-24(26(19)23)35-27(34)28(4,5)7-2/h9-10,14,18,20-24,26,30-32H,6-8,11-13,15-17H2,1-5H3,(H,29,33)/t18-,20+,21-,22+,23-,24-,26-/m0/s1. The van der Waals surface area contributed by atoms with Crippen LogP contribution in [0.1, 0.15) is 86.0 Å². The Kier molecular flexibility index (Phi) is 11.4. The van der Waals surface area contributed by atoms with Crippen LogP contribution in [0, 0.1) is 23.2 Å². The van der Waals surface area contributed by atoms with Crippen molar-refractivity contribution in [3.05, 3.63) is 23.8 Å². The molecule has 35 heavy (non-hydrogen) atoms. The molecule has 2 aliphatic carbocycles. The Hall–Kier alpha value is -1.70. The van der Waals surface area contributed by atoms with Crippen molar-refractivity contribution in [1.29, 1.82) is 0 Å². The van der Waals surface area contributed by atoms with E-state index in [1.807, 2.05) is 39.8 Å². The van der Waals surface area contributed by atoms with E-state index in [2.05, 4.69) is 18.3 Å². The molecule has 7 heteroatoms. The SMILES string of the molecule is CCCCNC(=O)C[C@H](O)C[C@H](O)CC[C@@H]1[C@@H]2C(=C[C@H](O)C[C@@H]2OC(=O)C(C)(C)CC)C=C[C@@H]1C. The van der Waals surface area contributed by atoms with Gasteiger partial charge in [-0.2, -0.15) is 0 Å². The first kappa shape index (κ1) is 29.5. The lowest BCUT2D eigenvalue weighted by atomic mass is 9.66. The first-order chi connectivity index (χ1) is 16.5. The average Bonchev–Trinajstić information content (AvgIpc) is 2.78. The highest BCUT2D eigenvalue weighted by atomic mass is 16.5. The Morgan fingerprint density at radius 2 is 1.94 bits per heavy atom. The molecule has 0 saturated carbocycles. The Balaban J connectivity index is 2.00. The van der Waals surface area contributed by atoms with Crippen LogP contribution in [0.15, 0.2) is 23.8 Å². The number of esters is 1. The lowest BCUT2D eigenvalue weighted by molar-refractivity contribution is -0.165. The van der Waals surface area contributed by atoms with Gasteiger partial charge in [-0.25, -0.2) is 0 Å². The van der Waals surface area contributed by atoms with Crippen molar-refractivity contribution in [1.82, 2.24) is 5.32 Å². The van der Waals surface area contributed by atoms with Crippen molar-refractivity contribution in [2.75, 3.05) is 6.54 Å². The number of carbonyl (C=O) groups is 2. The molecule has 0 radical (unpaired) electrons. The van der Waals surface area contributed by atoms with E-state index < -0.39 is 29.8 Å². The smallest absolute Gasteiger partial charge is 0.311 e. The normalized spacial score (nSPS) is 28.0. The summed E-state index contributed by atoms with van der Waals surface area (Å²) in [7, 11) is 0. The monoisotopic (exact) mass is 493 g/mol. The molecule has 0 fully saturated rings. The van der Waals surface area contributed by atoms with Gasteiger partial charge in [0, 0.05) is 18.9 Å². The largest absolute Gasteiger partial charge is 0.461 e. The molecular formula is C28H47NO6. The molecule has 0 unspecified atom stereocenters. The van der Waals surface area contributed by atoms with Gasteiger partial charge in [0.2, 0.25) is 5.91 Å². The predicted molar refractivity (Wildman–Crippen MR) is 136 cm³/mol. The van der Waals surface area contributed by atoms with E-state index in [0.717, 1.165) is 18.4 Å².